The summed E-state index contributed by atoms with van der Waals surface area (Å²) >= 11 is 0. The molecule has 0 aromatic carbocycles. The normalized spacial score (nSPS) is 16.7. The molecule has 1 atom stereocenters. The molecule has 1 saturated carbocycles. The third kappa shape index (κ3) is 3.42. The Morgan fingerprint density at radius 2 is 2.15 bits per heavy atom. The van der Waals surface area contributed by atoms with E-state index in [1.165, 1.54) is 6.42 Å². The van der Waals surface area contributed by atoms with Gasteiger partial charge in [0.15, 0.2) is 5.65 Å². The molecule has 1 fully saturated rings. The number of imidazole rings is 1. The van der Waals surface area contributed by atoms with Crippen molar-refractivity contribution in [3.8, 4) is 0 Å². The monoisotopic (exact) mass is 365 g/mol. The van der Waals surface area contributed by atoms with E-state index in [9.17, 15) is 9.90 Å². The minimum Gasteiger partial charge on any atom is -0.385 e. The van der Waals surface area contributed by atoms with Gasteiger partial charge >= 0.3 is 0 Å². The van der Waals surface area contributed by atoms with Gasteiger partial charge in [-0.1, -0.05) is 6.07 Å². The number of aromatic nitrogens is 4. The van der Waals surface area contributed by atoms with Gasteiger partial charge in [0.05, 0.1) is 12.0 Å². The Morgan fingerprint density at radius 1 is 1.33 bits per heavy atom. The van der Waals surface area contributed by atoms with Gasteiger partial charge in [0, 0.05) is 29.7 Å². The van der Waals surface area contributed by atoms with Crippen LogP contribution in [0, 0.1) is 6.92 Å². The lowest BCUT2D eigenvalue weighted by Crippen LogP contribution is -2.30. The van der Waals surface area contributed by atoms with Crippen LogP contribution in [0.5, 0.6) is 0 Å². The van der Waals surface area contributed by atoms with Gasteiger partial charge in [-0.15, -0.1) is 0 Å². The Hall–Kier alpha value is -2.80. The summed E-state index contributed by atoms with van der Waals surface area (Å²) in [6.07, 6.45) is 6.40. The number of carbonyl (C=O) groups is 1. The van der Waals surface area contributed by atoms with Gasteiger partial charge in [-0.05, 0) is 51.3 Å². The number of aliphatic hydroxyl groups is 1. The smallest absolute Gasteiger partial charge is 0.229 e. The highest BCUT2D eigenvalue weighted by Crippen LogP contribution is 2.37. The first kappa shape index (κ1) is 17.6. The Bertz CT molecular complexity index is 977. The van der Waals surface area contributed by atoms with E-state index in [-0.39, 0.29) is 12.3 Å². The lowest BCUT2D eigenvalue weighted by Gasteiger charge is -2.29. The summed E-state index contributed by atoms with van der Waals surface area (Å²) in [5.41, 5.74) is 1.78. The fourth-order valence-electron chi connectivity index (χ4n) is 3.41. The summed E-state index contributed by atoms with van der Waals surface area (Å²) in [4.78, 5) is 25.9. The Balaban J connectivity index is 1.60. The number of rotatable bonds is 5. The zero-order valence-corrected chi connectivity index (χ0v) is 15.5. The minimum atomic E-state index is -1.31. The first-order valence-corrected chi connectivity index (χ1v) is 9.22. The Labute approximate surface area is 157 Å². The maximum Gasteiger partial charge on any atom is 0.229 e. The molecule has 4 rings (SSSR count). The van der Waals surface area contributed by atoms with Crippen LogP contribution in [0.4, 0.5) is 5.95 Å². The number of carbonyl (C=O) groups excluding carboxylic acids is 1. The van der Waals surface area contributed by atoms with Gasteiger partial charge in [-0.3, -0.25) is 19.7 Å². The van der Waals surface area contributed by atoms with Crippen LogP contribution in [0.3, 0.4) is 0 Å². The van der Waals surface area contributed by atoms with Crippen LogP contribution < -0.4 is 5.32 Å². The molecular weight excluding hydrogens is 342 g/mol. The number of aryl methyl sites for hydroxylation is 1. The molecule has 3 heterocycles. The summed E-state index contributed by atoms with van der Waals surface area (Å²) in [6.45, 7) is 3.56. The quantitative estimate of drug-likeness (QED) is 0.725. The van der Waals surface area contributed by atoms with Crippen LogP contribution in [-0.4, -0.2) is 30.5 Å². The SMILES string of the molecule is Cc1ccc2nc(NC(=O)C[C@](C)(O)c3cccnc3)n(C3CCC3)c2n1. The second kappa shape index (κ2) is 6.74. The molecule has 2 N–H and O–H groups in total. The molecule has 0 radical (unpaired) electrons. The topological polar surface area (TPSA) is 92.9 Å². The summed E-state index contributed by atoms with van der Waals surface area (Å²) in [5.74, 6) is 0.205. The fraction of sp³-hybridized carbons (Fsp3) is 0.400. The van der Waals surface area contributed by atoms with Gasteiger partial charge in [-0.2, -0.15) is 0 Å². The number of anilines is 1. The number of fused-ring (bicyclic) bond motifs is 1. The standard InChI is InChI=1S/C20H23N5O2/c1-13-8-9-16-18(22-13)25(15-6-3-7-15)19(23-16)24-17(26)11-20(2,27)14-5-4-10-21-12-14/h4-5,8-10,12,15,27H,3,6-7,11H2,1-2H3,(H,23,24,26)/t20-/m0/s1. The number of hydrogen-bond donors (Lipinski definition) is 2. The van der Waals surface area contributed by atoms with Crippen LogP contribution in [0.25, 0.3) is 11.2 Å². The van der Waals surface area contributed by atoms with Crippen molar-refractivity contribution < 1.29 is 9.90 Å². The molecular formula is C20H23N5O2. The molecule has 27 heavy (non-hydrogen) atoms. The third-order valence-corrected chi connectivity index (χ3v) is 5.16. The predicted molar refractivity (Wildman–Crippen MR) is 102 cm³/mol. The molecule has 1 aliphatic rings. The van der Waals surface area contributed by atoms with Crippen molar-refractivity contribution in [1.29, 1.82) is 0 Å². The van der Waals surface area contributed by atoms with E-state index < -0.39 is 5.60 Å². The van der Waals surface area contributed by atoms with Crippen LogP contribution >= 0.6 is 0 Å². The van der Waals surface area contributed by atoms with Crippen molar-refractivity contribution in [3.63, 3.8) is 0 Å². The second-order valence-electron chi connectivity index (χ2n) is 7.43. The van der Waals surface area contributed by atoms with Crippen molar-refractivity contribution in [3.05, 3.63) is 47.9 Å². The molecule has 1 aliphatic carbocycles. The zero-order chi connectivity index (χ0) is 19.0. The van der Waals surface area contributed by atoms with E-state index in [1.54, 1.807) is 31.5 Å². The van der Waals surface area contributed by atoms with Gasteiger partial charge in [0.1, 0.15) is 5.52 Å². The number of amides is 1. The summed E-state index contributed by atoms with van der Waals surface area (Å²) in [7, 11) is 0. The molecule has 0 aliphatic heterocycles. The molecule has 140 valence electrons. The first-order valence-electron chi connectivity index (χ1n) is 9.22. The predicted octanol–water partition coefficient (Wildman–Crippen LogP) is 3.10. The van der Waals surface area contributed by atoms with Gasteiger partial charge < -0.3 is 5.11 Å². The molecule has 0 unspecified atom stereocenters. The highest BCUT2D eigenvalue weighted by Gasteiger charge is 2.30. The van der Waals surface area contributed by atoms with Gasteiger partial charge in [-0.25, -0.2) is 9.97 Å². The van der Waals surface area contributed by atoms with Crippen molar-refractivity contribution in [2.75, 3.05) is 5.32 Å². The molecule has 7 heteroatoms. The molecule has 7 nitrogen and oxygen atoms in total. The highest BCUT2D eigenvalue weighted by molar-refractivity contribution is 5.91. The molecule has 0 saturated heterocycles. The lowest BCUT2D eigenvalue weighted by molar-refractivity contribution is -0.120. The van der Waals surface area contributed by atoms with Crippen molar-refractivity contribution >= 4 is 23.0 Å². The molecule has 0 bridgehead atoms. The molecule has 0 spiro atoms. The maximum atomic E-state index is 12.7. The van der Waals surface area contributed by atoms with Crippen LogP contribution in [0.2, 0.25) is 0 Å². The average molecular weight is 365 g/mol. The van der Waals surface area contributed by atoms with Crippen molar-refractivity contribution in [2.24, 2.45) is 0 Å². The van der Waals surface area contributed by atoms with E-state index in [1.807, 2.05) is 23.6 Å². The number of nitrogens with one attached hydrogen (secondary N) is 1. The van der Waals surface area contributed by atoms with Crippen LogP contribution in [0.15, 0.2) is 36.7 Å². The average Bonchev–Trinajstić information content (AvgIpc) is 2.91. The largest absolute Gasteiger partial charge is 0.385 e. The van der Waals surface area contributed by atoms with Crippen LogP contribution in [0.1, 0.15) is 49.9 Å². The molecule has 1 amide bonds. The van der Waals surface area contributed by atoms with Crippen molar-refractivity contribution in [1.82, 2.24) is 19.5 Å². The second-order valence-corrected chi connectivity index (χ2v) is 7.43. The lowest BCUT2D eigenvalue weighted by atomic mass is 9.93. The Kier molecular flexibility index (Phi) is 4.39. The van der Waals surface area contributed by atoms with Crippen molar-refractivity contribution in [2.45, 2.75) is 51.2 Å². The first-order chi connectivity index (χ1) is 12.9. The number of hydrogen-bond acceptors (Lipinski definition) is 5. The molecule has 3 aromatic rings. The van der Waals surface area contributed by atoms with E-state index in [0.717, 1.165) is 29.7 Å². The zero-order valence-electron chi connectivity index (χ0n) is 15.5. The number of pyridine rings is 2. The minimum absolute atomic E-state index is 0.0843. The van der Waals surface area contributed by atoms with E-state index >= 15 is 0 Å². The van der Waals surface area contributed by atoms with E-state index in [4.69, 9.17) is 0 Å². The van der Waals surface area contributed by atoms with E-state index in [0.29, 0.717) is 17.6 Å². The summed E-state index contributed by atoms with van der Waals surface area (Å²) in [5, 5.41) is 13.6. The Morgan fingerprint density at radius 3 is 2.81 bits per heavy atom. The summed E-state index contributed by atoms with van der Waals surface area (Å²) in [6, 6.07) is 7.65. The van der Waals surface area contributed by atoms with Crippen LogP contribution in [-0.2, 0) is 10.4 Å². The summed E-state index contributed by atoms with van der Waals surface area (Å²) < 4.78 is 2.03. The van der Waals surface area contributed by atoms with E-state index in [2.05, 4.69) is 20.3 Å². The fourth-order valence-corrected chi connectivity index (χ4v) is 3.41. The third-order valence-electron chi connectivity index (χ3n) is 5.16. The molecule has 3 aromatic heterocycles. The number of nitrogens with zero attached hydrogens (tertiary/aromatic N) is 4. The van der Waals surface area contributed by atoms with Gasteiger partial charge in [0.2, 0.25) is 11.9 Å². The maximum absolute atomic E-state index is 12.7. The highest BCUT2D eigenvalue weighted by atomic mass is 16.3. The van der Waals surface area contributed by atoms with Gasteiger partial charge in [0.25, 0.3) is 0 Å².